The summed E-state index contributed by atoms with van der Waals surface area (Å²) in [6.07, 6.45) is 3.61. The largest absolute Gasteiger partial charge is 3.00 e. The summed E-state index contributed by atoms with van der Waals surface area (Å²) >= 11 is 0. The van der Waals surface area contributed by atoms with E-state index in [1.165, 1.54) is 0 Å². The van der Waals surface area contributed by atoms with Gasteiger partial charge in [-0.15, -0.1) is 6.42 Å². The molecule has 0 N–H and O–H groups in total. The van der Waals surface area contributed by atoms with E-state index in [1.54, 1.807) is 0 Å². The van der Waals surface area contributed by atoms with E-state index in [0.29, 0.717) is 24.0 Å². The van der Waals surface area contributed by atoms with Crippen LogP contribution in [-0.4, -0.2) is 5.78 Å². The Morgan fingerprint density at radius 3 is 2.50 bits per heavy atom. The second-order valence-electron chi connectivity index (χ2n) is 3.02. The zero-order valence-electron chi connectivity index (χ0n) is 6.63. The summed E-state index contributed by atoms with van der Waals surface area (Å²) in [5.74, 6) is 1.62. The third-order valence-corrected chi connectivity index (χ3v) is 2.16. The minimum absolute atomic E-state index is 0. The molecule has 1 fully saturated rings. The fraction of sp³-hybridized carbons (Fsp3) is 0.750. The maximum absolute atomic E-state index is 10.8. The Bertz CT molecular complexity index is 122. The number of ketones is 1. The van der Waals surface area contributed by atoms with Crippen molar-refractivity contribution in [3.63, 3.8) is 0 Å². The number of hydrogen-bond donors (Lipinski definition) is 0. The molecule has 1 aliphatic carbocycles. The Morgan fingerprint density at radius 2 is 2.10 bits per heavy atom. The first-order valence-electron chi connectivity index (χ1n) is 3.55. The topological polar surface area (TPSA) is 17.1 Å². The Hall–Kier alpha value is 0.774. The fourth-order valence-electron chi connectivity index (χ4n) is 1.18. The molecule has 1 nitrogen and oxygen atoms in total. The molecule has 0 radical (unpaired) electrons. The van der Waals surface area contributed by atoms with Crippen LogP contribution in [0.25, 0.3) is 0 Å². The van der Waals surface area contributed by atoms with E-state index < -0.39 is 0 Å². The third kappa shape index (κ3) is 2.79. The SMILES string of the molecule is CC1[CH-]CC(=O)CC1C.[Y+3]. The molecule has 0 bridgehead atoms. The van der Waals surface area contributed by atoms with Crippen molar-refractivity contribution in [1.82, 2.24) is 0 Å². The Morgan fingerprint density at radius 1 is 1.50 bits per heavy atom. The van der Waals surface area contributed by atoms with Crippen molar-refractivity contribution in [1.29, 1.82) is 0 Å². The van der Waals surface area contributed by atoms with Gasteiger partial charge in [0.1, 0.15) is 5.78 Å². The van der Waals surface area contributed by atoms with Crippen LogP contribution in [0, 0.1) is 18.3 Å². The van der Waals surface area contributed by atoms with Gasteiger partial charge < -0.3 is 11.2 Å². The molecule has 1 aliphatic rings. The summed E-state index contributed by atoms with van der Waals surface area (Å²) in [5.41, 5.74) is 0. The minimum Gasteiger partial charge on any atom is -0.318 e. The molecular formula is C8H13OY+2. The van der Waals surface area contributed by atoms with Crippen LogP contribution in [-0.2, 0) is 37.5 Å². The van der Waals surface area contributed by atoms with E-state index >= 15 is 0 Å². The monoisotopic (exact) mass is 214 g/mol. The Balaban J connectivity index is 0.000000810. The summed E-state index contributed by atoms with van der Waals surface area (Å²) < 4.78 is 0. The second kappa shape index (κ2) is 4.61. The number of carbonyl (C=O) groups is 1. The Kier molecular flexibility index (Phi) is 4.97. The van der Waals surface area contributed by atoms with Gasteiger partial charge in [-0.2, -0.15) is 5.92 Å². The van der Waals surface area contributed by atoms with Gasteiger partial charge in [-0.25, -0.2) is 0 Å². The summed E-state index contributed by atoms with van der Waals surface area (Å²) in [5, 5.41) is 0. The van der Waals surface area contributed by atoms with Crippen molar-refractivity contribution >= 4 is 5.78 Å². The van der Waals surface area contributed by atoms with Crippen LogP contribution >= 0.6 is 0 Å². The molecule has 1 saturated carbocycles. The van der Waals surface area contributed by atoms with Gasteiger partial charge in [0.25, 0.3) is 0 Å². The van der Waals surface area contributed by atoms with Crippen molar-refractivity contribution in [3.8, 4) is 0 Å². The molecule has 0 aromatic heterocycles. The van der Waals surface area contributed by atoms with Gasteiger partial charge in [-0.05, 0) is 0 Å². The molecule has 0 heterocycles. The molecule has 1 rings (SSSR count). The van der Waals surface area contributed by atoms with E-state index in [4.69, 9.17) is 0 Å². The molecule has 0 spiro atoms. The van der Waals surface area contributed by atoms with E-state index in [1.807, 2.05) is 0 Å². The van der Waals surface area contributed by atoms with E-state index in [9.17, 15) is 4.79 Å². The second-order valence-corrected chi connectivity index (χ2v) is 3.02. The van der Waals surface area contributed by atoms with Crippen LogP contribution in [0.2, 0.25) is 0 Å². The molecule has 0 aromatic carbocycles. The zero-order valence-corrected chi connectivity index (χ0v) is 9.47. The minimum atomic E-state index is 0. The molecular weight excluding hydrogens is 201 g/mol. The molecule has 2 atom stereocenters. The fourth-order valence-corrected chi connectivity index (χ4v) is 1.18. The smallest absolute Gasteiger partial charge is 0.318 e. The normalized spacial score (nSPS) is 33.2. The van der Waals surface area contributed by atoms with E-state index in [-0.39, 0.29) is 32.7 Å². The molecule has 2 heteroatoms. The predicted octanol–water partition coefficient (Wildman–Crippen LogP) is 1.82. The van der Waals surface area contributed by atoms with Crippen LogP contribution in [0.3, 0.4) is 0 Å². The molecule has 2 unspecified atom stereocenters. The van der Waals surface area contributed by atoms with Gasteiger partial charge in [0, 0.05) is 6.42 Å². The molecule has 10 heavy (non-hydrogen) atoms. The maximum Gasteiger partial charge on any atom is 3.00 e. The third-order valence-electron chi connectivity index (χ3n) is 2.16. The van der Waals surface area contributed by atoms with E-state index in [2.05, 4.69) is 20.3 Å². The van der Waals surface area contributed by atoms with Crippen LogP contribution in [0.15, 0.2) is 0 Å². The molecule has 0 aliphatic heterocycles. The first-order chi connectivity index (χ1) is 4.20. The average Bonchev–Trinajstić information content (AvgIpc) is 1.80. The van der Waals surface area contributed by atoms with Gasteiger partial charge in [-0.1, -0.05) is 19.8 Å². The van der Waals surface area contributed by atoms with Gasteiger partial charge in [0.15, 0.2) is 0 Å². The van der Waals surface area contributed by atoms with Crippen molar-refractivity contribution in [3.05, 3.63) is 6.42 Å². The summed E-state index contributed by atoms with van der Waals surface area (Å²) in [6.45, 7) is 4.31. The van der Waals surface area contributed by atoms with Gasteiger partial charge in [0.05, 0.1) is 0 Å². The van der Waals surface area contributed by atoms with Crippen molar-refractivity contribution in [2.45, 2.75) is 26.7 Å². The number of rotatable bonds is 0. The molecule has 0 saturated heterocycles. The van der Waals surface area contributed by atoms with Crippen LogP contribution in [0.4, 0.5) is 0 Å². The maximum atomic E-state index is 10.8. The first kappa shape index (κ1) is 10.8. The zero-order chi connectivity index (χ0) is 6.85. The van der Waals surface area contributed by atoms with Gasteiger partial charge >= 0.3 is 32.7 Å². The van der Waals surface area contributed by atoms with Gasteiger partial charge in [-0.3, -0.25) is 0 Å². The quantitative estimate of drug-likeness (QED) is 0.562. The van der Waals surface area contributed by atoms with Crippen molar-refractivity contribution in [2.75, 3.05) is 0 Å². The standard InChI is InChI=1S/C8H13O.Y/c1-6-3-4-8(9)5-7(6)2;/h3,6-7H,4-5H2,1-2H3;/q-1;+3. The first-order valence-corrected chi connectivity index (χ1v) is 3.55. The van der Waals surface area contributed by atoms with Gasteiger partial charge in [0.2, 0.25) is 0 Å². The molecule has 0 aromatic rings. The van der Waals surface area contributed by atoms with Crippen molar-refractivity contribution < 1.29 is 37.5 Å². The number of Topliss-reactive ketones (excluding diaryl/α,β-unsaturated/α-hetero) is 1. The average molecular weight is 214 g/mol. The number of hydrogen-bond acceptors (Lipinski definition) is 1. The number of carbonyl (C=O) groups excluding carboxylic acids is 1. The summed E-state index contributed by atoms with van der Waals surface area (Å²) in [7, 11) is 0. The summed E-state index contributed by atoms with van der Waals surface area (Å²) in [6, 6.07) is 0. The Labute approximate surface area is 87.8 Å². The van der Waals surface area contributed by atoms with Crippen LogP contribution < -0.4 is 0 Å². The summed E-state index contributed by atoms with van der Waals surface area (Å²) in [4.78, 5) is 10.8. The van der Waals surface area contributed by atoms with Crippen molar-refractivity contribution in [2.24, 2.45) is 11.8 Å². The predicted molar refractivity (Wildman–Crippen MR) is 36.9 cm³/mol. The molecule has 52 valence electrons. The van der Waals surface area contributed by atoms with E-state index in [0.717, 1.165) is 6.42 Å². The van der Waals surface area contributed by atoms with Crippen LogP contribution in [0.5, 0.6) is 0 Å². The molecule has 0 amide bonds. The van der Waals surface area contributed by atoms with Crippen LogP contribution in [0.1, 0.15) is 26.7 Å².